The molecule has 75 heavy (non-hydrogen) atoms. The summed E-state index contributed by atoms with van der Waals surface area (Å²) in [5.74, 6) is 0.0336. The lowest BCUT2D eigenvalue weighted by Gasteiger charge is -2.27. The van der Waals surface area contributed by atoms with Crippen molar-refractivity contribution in [2.75, 3.05) is 107 Å². The molecule has 0 bridgehead atoms. The first-order valence-corrected chi connectivity index (χ1v) is 28.8. The number of likely N-dealkylation sites (N-methyl/N-ethyl adjacent to an activating group) is 2. The summed E-state index contributed by atoms with van der Waals surface area (Å²) < 4.78 is 91.5. The molecule has 0 aliphatic heterocycles. The zero-order valence-corrected chi connectivity index (χ0v) is 47.4. The molecule has 0 heterocycles. The lowest BCUT2D eigenvalue weighted by molar-refractivity contribution is -0.141. The second kappa shape index (κ2) is 27.7. The van der Waals surface area contributed by atoms with E-state index in [1.54, 1.807) is 36.4 Å². The van der Waals surface area contributed by atoms with E-state index in [0.717, 1.165) is 22.3 Å². The van der Waals surface area contributed by atoms with Gasteiger partial charge in [-0.1, -0.05) is 46.4 Å². The van der Waals surface area contributed by atoms with Crippen LogP contribution in [0.15, 0.2) is 82.6 Å². The third kappa shape index (κ3) is 16.6. The molecule has 0 fully saturated rings. The Morgan fingerprint density at radius 1 is 0.533 bits per heavy atom. The number of nitrogens with zero attached hydrogens (tertiary/aromatic N) is 2. The van der Waals surface area contributed by atoms with E-state index in [0.29, 0.717) is 44.4 Å². The van der Waals surface area contributed by atoms with Crippen LogP contribution in [-0.4, -0.2) is 158 Å². The number of halogens is 4. The zero-order chi connectivity index (χ0) is 54.5. The SMILES string of the molecule is CN(C)[C@H]1Cc2c(Cl)cc(Cl)cc2[C@@H]1Oc1ccc(S(=O)(=O)NCCOCCOCCNC(=O)C(C)(C)C(=O)NCCOCCOCCNS(=O)(=O)c2ccc(O[C@H]3c4cc(Cl)cc(Cl)c4C[C@@H]3N(C)C)cc2)cc1. The van der Waals surface area contributed by atoms with Crippen LogP contribution in [0.25, 0.3) is 0 Å². The van der Waals surface area contributed by atoms with Crippen LogP contribution in [0.4, 0.5) is 0 Å². The number of fused-ring (bicyclic) bond motifs is 2. The van der Waals surface area contributed by atoms with Gasteiger partial charge in [0.25, 0.3) is 0 Å². The largest absolute Gasteiger partial charge is 0.484 e. The van der Waals surface area contributed by atoms with Gasteiger partial charge in [0.2, 0.25) is 31.9 Å². The van der Waals surface area contributed by atoms with Crippen molar-refractivity contribution in [3.63, 3.8) is 0 Å². The minimum absolute atomic E-state index is 0.00891. The molecule has 0 unspecified atom stereocenters. The molecule has 18 nitrogen and oxygen atoms in total. The Labute approximate surface area is 460 Å². The molecule has 0 saturated heterocycles. The monoisotopic (exact) mass is 1160 g/mol. The average molecular weight is 1160 g/mol. The van der Waals surface area contributed by atoms with E-state index >= 15 is 0 Å². The maximum absolute atomic E-state index is 12.9. The fraction of sp³-hybridized carbons (Fsp3) is 0.490. The molecule has 4 N–H and O–H groups in total. The highest BCUT2D eigenvalue weighted by atomic mass is 35.5. The van der Waals surface area contributed by atoms with Crippen molar-refractivity contribution in [3.8, 4) is 11.5 Å². The Balaban J connectivity index is 0.761. The summed E-state index contributed by atoms with van der Waals surface area (Å²) >= 11 is 25.6. The Morgan fingerprint density at radius 2 is 0.867 bits per heavy atom. The van der Waals surface area contributed by atoms with Crippen LogP contribution in [-0.2, 0) is 61.4 Å². The van der Waals surface area contributed by atoms with Gasteiger partial charge in [0.05, 0.1) is 74.7 Å². The van der Waals surface area contributed by atoms with Crippen molar-refractivity contribution in [2.45, 2.75) is 60.8 Å². The van der Waals surface area contributed by atoms with Gasteiger partial charge < -0.3 is 48.9 Å². The third-order valence-corrected chi connectivity index (χ3v) is 16.7. The van der Waals surface area contributed by atoms with Gasteiger partial charge in [-0.15, -0.1) is 0 Å². The molecule has 412 valence electrons. The summed E-state index contributed by atoms with van der Waals surface area (Å²) in [5.41, 5.74) is 2.40. The van der Waals surface area contributed by atoms with Crippen molar-refractivity contribution >= 4 is 78.3 Å². The van der Waals surface area contributed by atoms with Crippen LogP contribution in [0.3, 0.4) is 0 Å². The summed E-state index contributed by atoms with van der Waals surface area (Å²) in [7, 11) is 0.231. The molecule has 0 saturated carbocycles. The van der Waals surface area contributed by atoms with Gasteiger partial charge in [-0.3, -0.25) is 9.59 Å². The van der Waals surface area contributed by atoms with Crippen molar-refractivity contribution in [1.82, 2.24) is 29.9 Å². The molecule has 4 aromatic carbocycles. The fourth-order valence-electron chi connectivity index (χ4n) is 8.44. The summed E-state index contributed by atoms with van der Waals surface area (Å²) in [6.07, 6.45) is 0.688. The quantitative estimate of drug-likeness (QED) is 0.0344. The van der Waals surface area contributed by atoms with E-state index in [1.807, 2.05) is 40.3 Å². The van der Waals surface area contributed by atoms with Crippen LogP contribution in [0, 0.1) is 5.41 Å². The van der Waals surface area contributed by atoms with E-state index < -0.39 is 37.3 Å². The van der Waals surface area contributed by atoms with Crippen molar-refractivity contribution in [1.29, 1.82) is 0 Å². The average Bonchev–Trinajstić information content (AvgIpc) is 3.91. The molecule has 0 spiro atoms. The van der Waals surface area contributed by atoms with Gasteiger partial charge in [0.1, 0.15) is 29.1 Å². The maximum atomic E-state index is 12.9. The summed E-state index contributed by atoms with van der Waals surface area (Å²) in [6.45, 7) is 4.71. The number of rotatable bonds is 30. The molecular formula is C51H66Cl4N6O12S2. The van der Waals surface area contributed by atoms with Gasteiger partial charge >= 0.3 is 0 Å². The fourth-order valence-corrected chi connectivity index (χ4v) is 11.6. The van der Waals surface area contributed by atoms with E-state index in [9.17, 15) is 26.4 Å². The number of amides is 2. The molecule has 4 atom stereocenters. The predicted molar refractivity (Wildman–Crippen MR) is 288 cm³/mol. The number of carbonyl (C=O) groups excluding carboxylic acids is 2. The summed E-state index contributed by atoms with van der Waals surface area (Å²) in [6, 6.07) is 19.5. The van der Waals surface area contributed by atoms with Crippen LogP contribution < -0.4 is 29.6 Å². The van der Waals surface area contributed by atoms with E-state index in [1.165, 1.54) is 38.1 Å². The Bertz CT molecular complexity index is 2610. The number of benzene rings is 4. The minimum atomic E-state index is -3.81. The normalized spacial score (nSPS) is 17.5. The van der Waals surface area contributed by atoms with Crippen LogP contribution in [0.2, 0.25) is 20.1 Å². The third-order valence-electron chi connectivity index (χ3n) is 12.7. The lowest BCUT2D eigenvalue weighted by atomic mass is 9.91. The molecule has 0 radical (unpaired) electrons. The number of hydrogen-bond donors (Lipinski definition) is 4. The standard InChI is InChI=1S/C51H66Cl4N6O12S2/c1-51(2,49(62)56-15-19-68-23-25-70-21-17-58-74(64,65)37-11-7-35(8-12-37)72-47-41-27-33(52)29-43(54)39(41)31-45(47)60(3)4)50(63)57-16-20-69-24-26-71-22-18-59-75(66,67)38-13-9-36(10-14-38)73-48-42-28-34(53)30-44(55)40(42)32-46(48)61(5)6/h7-14,27-30,45-48,58-59H,15-26,31-32H2,1-6H3,(H,56,62)(H,57,63)/t45-,46-,47-,48-/m0/s1. The van der Waals surface area contributed by atoms with E-state index in [4.69, 9.17) is 74.8 Å². The van der Waals surface area contributed by atoms with Gasteiger partial charge in [-0.2, -0.15) is 0 Å². The zero-order valence-electron chi connectivity index (χ0n) is 42.8. The van der Waals surface area contributed by atoms with E-state index in [2.05, 4.69) is 29.9 Å². The van der Waals surface area contributed by atoms with E-state index in [-0.39, 0.29) is 113 Å². The molecule has 6 rings (SSSR count). The molecule has 0 aromatic heterocycles. The molecule has 2 amide bonds. The Hall–Kier alpha value is -3.84. The second-order valence-electron chi connectivity index (χ2n) is 18.8. The Kier molecular flexibility index (Phi) is 22.3. The highest BCUT2D eigenvalue weighted by Gasteiger charge is 2.39. The predicted octanol–water partition coefficient (Wildman–Crippen LogP) is 6.09. The number of ether oxygens (including phenoxy) is 6. The number of hydrogen-bond acceptors (Lipinski definition) is 14. The molecule has 2 aliphatic rings. The highest BCUT2D eigenvalue weighted by Crippen LogP contribution is 2.43. The maximum Gasteiger partial charge on any atom is 0.240 e. The smallest absolute Gasteiger partial charge is 0.240 e. The first-order chi connectivity index (χ1) is 35.6. The lowest BCUT2D eigenvalue weighted by Crippen LogP contribution is -2.49. The van der Waals surface area contributed by atoms with Crippen molar-refractivity contribution in [3.05, 3.63) is 115 Å². The summed E-state index contributed by atoms with van der Waals surface area (Å²) in [4.78, 5) is 29.9. The number of sulfonamides is 2. The first-order valence-electron chi connectivity index (χ1n) is 24.3. The molecule has 24 heteroatoms. The van der Waals surface area contributed by atoms with Crippen molar-refractivity contribution in [2.24, 2.45) is 5.41 Å². The first kappa shape index (κ1) is 60.4. The van der Waals surface area contributed by atoms with Crippen LogP contribution in [0.1, 0.15) is 48.3 Å². The molecule has 4 aromatic rings. The summed E-state index contributed by atoms with van der Waals surface area (Å²) in [5, 5.41) is 7.60. The molecular weight excluding hydrogens is 1090 g/mol. The van der Waals surface area contributed by atoms with Crippen LogP contribution >= 0.6 is 46.4 Å². The number of carbonyl (C=O) groups is 2. The Morgan fingerprint density at radius 3 is 1.20 bits per heavy atom. The second-order valence-corrected chi connectivity index (χ2v) is 24.0. The molecule has 2 aliphatic carbocycles. The number of nitrogens with one attached hydrogen (secondary N) is 4. The topological polar surface area (TPSA) is 212 Å². The van der Waals surface area contributed by atoms with Gasteiger partial charge in [0.15, 0.2) is 0 Å². The highest BCUT2D eigenvalue weighted by molar-refractivity contribution is 7.89. The van der Waals surface area contributed by atoms with Crippen molar-refractivity contribution < 1.29 is 54.8 Å². The van der Waals surface area contributed by atoms with Gasteiger partial charge in [-0.25, -0.2) is 26.3 Å². The van der Waals surface area contributed by atoms with Crippen LogP contribution in [0.5, 0.6) is 11.5 Å². The van der Waals surface area contributed by atoms with Gasteiger partial charge in [-0.05, 0) is 139 Å². The minimum Gasteiger partial charge on any atom is -0.484 e. The van der Waals surface area contributed by atoms with Gasteiger partial charge in [0, 0.05) is 57.4 Å².